The number of halogens is 1. The SMILES string of the molecule is COCCC(=O)Nc1ccc2n(c1=O)C[C@@H]1C[C@@H]2CN(C(=O)Nc2ccc(F)cc2)C1. The van der Waals surface area contributed by atoms with Crippen molar-refractivity contribution in [3.05, 3.63) is 58.3 Å². The topological polar surface area (TPSA) is 92.7 Å². The number of pyridine rings is 1. The number of ether oxygens (including phenoxy) is 1. The summed E-state index contributed by atoms with van der Waals surface area (Å²) < 4.78 is 19.7. The number of hydrogen-bond acceptors (Lipinski definition) is 4. The smallest absolute Gasteiger partial charge is 0.321 e. The average Bonchev–Trinajstić information content (AvgIpc) is 2.76. The Morgan fingerprint density at radius 3 is 2.61 bits per heavy atom. The number of benzene rings is 1. The lowest BCUT2D eigenvalue weighted by molar-refractivity contribution is -0.117. The second kappa shape index (κ2) is 8.89. The first-order valence-electron chi connectivity index (χ1n) is 10.3. The number of amides is 3. The molecule has 0 aliphatic carbocycles. The average molecular weight is 428 g/mol. The van der Waals surface area contributed by atoms with Gasteiger partial charge in [0.2, 0.25) is 5.91 Å². The maximum atomic E-state index is 13.1. The van der Waals surface area contributed by atoms with Gasteiger partial charge in [-0.1, -0.05) is 0 Å². The second-order valence-corrected chi connectivity index (χ2v) is 8.02. The van der Waals surface area contributed by atoms with Crippen molar-refractivity contribution in [1.29, 1.82) is 0 Å². The van der Waals surface area contributed by atoms with Gasteiger partial charge in [-0.15, -0.1) is 0 Å². The van der Waals surface area contributed by atoms with Crippen LogP contribution in [0.1, 0.15) is 24.5 Å². The Balaban J connectivity index is 1.47. The maximum Gasteiger partial charge on any atom is 0.321 e. The van der Waals surface area contributed by atoms with E-state index < -0.39 is 0 Å². The molecule has 2 N–H and O–H groups in total. The van der Waals surface area contributed by atoms with Crippen molar-refractivity contribution in [3.63, 3.8) is 0 Å². The van der Waals surface area contributed by atoms with Crippen LogP contribution in [-0.2, 0) is 16.1 Å². The second-order valence-electron chi connectivity index (χ2n) is 8.02. The van der Waals surface area contributed by atoms with Gasteiger partial charge in [0.1, 0.15) is 11.5 Å². The molecule has 9 heteroatoms. The molecule has 2 atom stereocenters. The fraction of sp³-hybridized carbons (Fsp3) is 0.409. The third-order valence-corrected chi connectivity index (χ3v) is 5.79. The molecule has 1 aromatic carbocycles. The molecule has 4 rings (SSSR count). The van der Waals surface area contributed by atoms with Gasteiger partial charge >= 0.3 is 6.03 Å². The van der Waals surface area contributed by atoms with Crippen molar-refractivity contribution < 1.29 is 18.7 Å². The molecule has 1 fully saturated rings. The minimum absolute atomic E-state index is 0.0393. The first-order valence-corrected chi connectivity index (χ1v) is 10.3. The predicted octanol–water partition coefficient (Wildman–Crippen LogP) is 2.61. The van der Waals surface area contributed by atoms with Crippen LogP contribution >= 0.6 is 0 Å². The Kier molecular flexibility index (Phi) is 6.03. The number of rotatable bonds is 5. The predicted molar refractivity (Wildman–Crippen MR) is 114 cm³/mol. The molecule has 1 aromatic heterocycles. The van der Waals surface area contributed by atoms with Crippen molar-refractivity contribution in [2.24, 2.45) is 5.92 Å². The normalized spacial score (nSPS) is 19.5. The molecule has 2 bridgehead atoms. The van der Waals surface area contributed by atoms with Gasteiger partial charge < -0.3 is 24.8 Å². The summed E-state index contributed by atoms with van der Waals surface area (Å²) in [7, 11) is 1.52. The number of aromatic nitrogens is 1. The van der Waals surface area contributed by atoms with Crippen LogP contribution in [0.4, 0.5) is 20.6 Å². The van der Waals surface area contributed by atoms with Crippen LogP contribution in [0.5, 0.6) is 0 Å². The highest BCUT2D eigenvalue weighted by molar-refractivity contribution is 5.90. The molecule has 8 nitrogen and oxygen atoms in total. The largest absolute Gasteiger partial charge is 0.384 e. The minimum Gasteiger partial charge on any atom is -0.384 e. The Morgan fingerprint density at radius 2 is 1.87 bits per heavy atom. The molecule has 0 spiro atoms. The van der Waals surface area contributed by atoms with Gasteiger partial charge in [0.15, 0.2) is 0 Å². The third-order valence-electron chi connectivity index (χ3n) is 5.79. The third kappa shape index (κ3) is 4.61. The number of hydrogen-bond donors (Lipinski definition) is 2. The molecule has 31 heavy (non-hydrogen) atoms. The summed E-state index contributed by atoms with van der Waals surface area (Å²) in [6, 6.07) is 8.90. The zero-order valence-corrected chi connectivity index (χ0v) is 17.3. The van der Waals surface area contributed by atoms with E-state index >= 15 is 0 Å². The Morgan fingerprint density at radius 1 is 1.10 bits per heavy atom. The highest BCUT2D eigenvalue weighted by Crippen LogP contribution is 2.35. The number of carbonyl (C=O) groups is 2. The zero-order valence-electron chi connectivity index (χ0n) is 17.3. The van der Waals surface area contributed by atoms with E-state index in [2.05, 4.69) is 10.6 Å². The molecular formula is C22H25FN4O4. The molecule has 0 radical (unpaired) electrons. The van der Waals surface area contributed by atoms with Crippen molar-refractivity contribution in [2.75, 3.05) is 37.4 Å². The number of carbonyl (C=O) groups excluding carboxylic acids is 2. The van der Waals surface area contributed by atoms with E-state index in [-0.39, 0.29) is 53.9 Å². The highest BCUT2D eigenvalue weighted by Gasteiger charge is 2.36. The van der Waals surface area contributed by atoms with Gasteiger partial charge in [0, 0.05) is 44.0 Å². The summed E-state index contributed by atoms with van der Waals surface area (Å²) in [5, 5.41) is 5.47. The van der Waals surface area contributed by atoms with Crippen LogP contribution in [0.25, 0.3) is 0 Å². The van der Waals surface area contributed by atoms with E-state index in [1.807, 2.05) is 6.07 Å². The number of urea groups is 1. The first-order chi connectivity index (χ1) is 14.9. The minimum atomic E-state index is -0.359. The summed E-state index contributed by atoms with van der Waals surface area (Å²) in [4.78, 5) is 39.4. The van der Waals surface area contributed by atoms with Crippen LogP contribution in [-0.4, -0.2) is 48.2 Å². The Hall–Kier alpha value is -3.20. The van der Waals surface area contributed by atoms with Crippen molar-refractivity contribution in [3.8, 4) is 0 Å². The monoisotopic (exact) mass is 428 g/mol. The number of likely N-dealkylation sites (tertiary alicyclic amines) is 1. The molecular weight excluding hydrogens is 403 g/mol. The number of methoxy groups -OCH3 is 1. The molecule has 1 saturated heterocycles. The van der Waals surface area contributed by atoms with Gasteiger partial charge in [0.25, 0.3) is 5.56 Å². The van der Waals surface area contributed by atoms with E-state index in [9.17, 15) is 18.8 Å². The molecule has 2 aromatic rings. The molecule has 2 aliphatic rings. The van der Waals surface area contributed by atoms with Crippen molar-refractivity contribution >= 4 is 23.3 Å². The van der Waals surface area contributed by atoms with Gasteiger partial charge in [-0.2, -0.15) is 0 Å². The summed E-state index contributed by atoms with van der Waals surface area (Å²) in [5.74, 6) is -0.444. The Bertz CT molecular complexity index is 1040. The van der Waals surface area contributed by atoms with Crippen LogP contribution < -0.4 is 16.2 Å². The van der Waals surface area contributed by atoms with Gasteiger partial charge in [-0.25, -0.2) is 9.18 Å². The molecule has 0 unspecified atom stereocenters. The molecule has 2 aliphatic heterocycles. The lowest BCUT2D eigenvalue weighted by Gasteiger charge is -2.42. The van der Waals surface area contributed by atoms with Crippen molar-refractivity contribution in [1.82, 2.24) is 9.47 Å². The Labute approximate surface area is 179 Å². The zero-order chi connectivity index (χ0) is 22.0. The van der Waals surface area contributed by atoms with Crippen LogP contribution in [0.3, 0.4) is 0 Å². The molecule has 164 valence electrons. The lowest BCUT2D eigenvalue weighted by atomic mass is 9.83. The van der Waals surface area contributed by atoms with Crippen LogP contribution in [0.15, 0.2) is 41.2 Å². The van der Waals surface area contributed by atoms with E-state index in [0.29, 0.717) is 25.3 Å². The number of nitrogens with one attached hydrogen (secondary N) is 2. The quantitative estimate of drug-likeness (QED) is 0.766. The van der Waals surface area contributed by atoms with Gasteiger partial charge in [-0.05, 0) is 48.7 Å². The van der Waals surface area contributed by atoms with Gasteiger partial charge in [0.05, 0.1) is 13.0 Å². The summed E-state index contributed by atoms with van der Waals surface area (Å²) >= 11 is 0. The highest BCUT2D eigenvalue weighted by atomic mass is 19.1. The number of piperidine rings is 1. The first kappa shape index (κ1) is 21.0. The maximum absolute atomic E-state index is 13.1. The number of anilines is 2. The van der Waals surface area contributed by atoms with Crippen LogP contribution in [0, 0.1) is 11.7 Å². The van der Waals surface area contributed by atoms with Crippen LogP contribution in [0.2, 0.25) is 0 Å². The van der Waals surface area contributed by atoms with Crippen molar-refractivity contribution in [2.45, 2.75) is 25.3 Å². The molecule has 3 heterocycles. The van der Waals surface area contributed by atoms with E-state index in [1.165, 1.54) is 31.4 Å². The molecule has 0 saturated carbocycles. The summed E-state index contributed by atoms with van der Waals surface area (Å²) in [6.45, 7) is 1.80. The standard InChI is InChI=1S/C22H25FN4O4/c1-31-9-8-20(28)25-18-6-7-19-15-10-14(12-27(19)21(18)29)11-26(13-15)22(30)24-17-4-2-16(23)3-5-17/h2-7,14-15H,8-13H2,1H3,(H,24,30)(H,25,28)/t14-,15-/m1/s1. The fourth-order valence-electron chi connectivity index (χ4n) is 4.35. The van der Waals surface area contributed by atoms with Gasteiger partial charge in [-0.3, -0.25) is 9.59 Å². The molecule has 3 amide bonds. The van der Waals surface area contributed by atoms with E-state index in [1.54, 1.807) is 15.5 Å². The number of nitrogens with zero attached hydrogens (tertiary/aromatic N) is 2. The number of fused-ring (bicyclic) bond motifs is 4. The lowest BCUT2D eigenvalue weighted by Crippen LogP contribution is -2.50. The summed E-state index contributed by atoms with van der Waals surface area (Å²) in [6.07, 6.45) is 1.08. The van der Waals surface area contributed by atoms with E-state index in [4.69, 9.17) is 4.74 Å². The fourth-order valence-corrected chi connectivity index (χ4v) is 4.35. The summed E-state index contributed by atoms with van der Waals surface area (Å²) in [5.41, 5.74) is 1.45. The van der Waals surface area contributed by atoms with E-state index in [0.717, 1.165) is 12.1 Å².